The van der Waals surface area contributed by atoms with Crippen molar-refractivity contribution in [1.82, 2.24) is 0 Å². The molecule has 0 N–H and O–H groups in total. The van der Waals surface area contributed by atoms with Crippen molar-refractivity contribution in [2.45, 2.75) is 4.90 Å². The van der Waals surface area contributed by atoms with E-state index in [4.69, 9.17) is 8.60 Å². The van der Waals surface area contributed by atoms with Crippen molar-refractivity contribution in [3.8, 4) is 16.9 Å². The Balaban J connectivity index is 1.79. The van der Waals surface area contributed by atoms with Gasteiger partial charge in [-0.15, -0.1) is 0 Å². The summed E-state index contributed by atoms with van der Waals surface area (Å²) >= 11 is 0. The molecule has 4 rings (SSSR count). The highest BCUT2D eigenvalue weighted by Crippen LogP contribution is 2.30. The summed E-state index contributed by atoms with van der Waals surface area (Å²) in [7, 11) is -3.97. The first-order chi connectivity index (χ1) is 13.0. The molecular formula is C21H14O5S. The fraction of sp³-hybridized carbons (Fsp3) is 0. The van der Waals surface area contributed by atoms with Gasteiger partial charge in [0.25, 0.3) is 0 Å². The van der Waals surface area contributed by atoms with Gasteiger partial charge in [-0.3, -0.25) is 0 Å². The number of benzene rings is 3. The zero-order valence-electron chi connectivity index (χ0n) is 14.0. The highest BCUT2D eigenvalue weighted by molar-refractivity contribution is 7.87. The van der Waals surface area contributed by atoms with Gasteiger partial charge in [0.2, 0.25) is 0 Å². The van der Waals surface area contributed by atoms with Crippen LogP contribution in [0.5, 0.6) is 5.75 Å². The summed E-state index contributed by atoms with van der Waals surface area (Å²) in [5.41, 5.74) is 1.30. The number of fused-ring (bicyclic) bond motifs is 1. The minimum absolute atomic E-state index is 0.0459. The van der Waals surface area contributed by atoms with Crippen molar-refractivity contribution in [1.29, 1.82) is 0 Å². The second kappa shape index (κ2) is 6.74. The van der Waals surface area contributed by atoms with Crippen LogP contribution in [0.4, 0.5) is 0 Å². The second-order valence-corrected chi connectivity index (χ2v) is 7.40. The van der Waals surface area contributed by atoms with E-state index in [-0.39, 0.29) is 16.2 Å². The van der Waals surface area contributed by atoms with Crippen LogP contribution in [-0.4, -0.2) is 8.42 Å². The second-order valence-electron chi connectivity index (χ2n) is 5.85. The molecule has 0 aliphatic rings. The Labute approximate surface area is 155 Å². The van der Waals surface area contributed by atoms with Gasteiger partial charge in [0.05, 0.1) is 0 Å². The molecule has 0 bridgehead atoms. The van der Waals surface area contributed by atoms with E-state index in [0.717, 1.165) is 5.56 Å². The summed E-state index contributed by atoms with van der Waals surface area (Å²) in [4.78, 5) is 12.0. The molecule has 0 radical (unpaired) electrons. The van der Waals surface area contributed by atoms with E-state index in [1.807, 2.05) is 30.3 Å². The molecule has 0 saturated carbocycles. The summed E-state index contributed by atoms with van der Waals surface area (Å²) in [6, 6.07) is 23.3. The molecule has 6 heteroatoms. The summed E-state index contributed by atoms with van der Waals surface area (Å²) in [6.45, 7) is 0. The minimum Gasteiger partial charge on any atom is -0.423 e. The van der Waals surface area contributed by atoms with Crippen LogP contribution >= 0.6 is 0 Å². The lowest BCUT2D eigenvalue weighted by Gasteiger charge is -2.09. The molecule has 5 nitrogen and oxygen atoms in total. The van der Waals surface area contributed by atoms with Crippen LogP contribution in [-0.2, 0) is 10.1 Å². The Kier molecular flexibility index (Phi) is 4.25. The lowest BCUT2D eigenvalue weighted by Crippen LogP contribution is -2.09. The van der Waals surface area contributed by atoms with Gasteiger partial charge >= 0.3 is 15.7 Å². The van der Waals surface area contributed by atoms with E-state index in [2.05, 4.69) is 0 Å². The van der Waals surface area contributed by atoms with Gasteiger partial charge in [-0.25, -0.2) is 4.79 Å². The quantitative estimate of drug-likeness (QED) is 0.392. The Hall–Kier alpha value is -3.38. The van der Waals surface area contributed by atoms with Gasteiger partial charge in [0, 0.05) is 17.5 Å². The molecule has 0 saturated heterocycles. The Morgan fingerprint density at radius 1 is 0.778 bits per heavy atom. The Morgan fingerprint density at radius 3 is 2.15 bits per heavy atom. The first-order valence-corrected chi connectivity index (χ1v) is 9.57. The SMILES string of the molecule is O=c1cc(-c2ccccc2)c2ccc(OS(=O)(=O)c3ccccc3)cc2o1. The molecule has 0 aliphatic heterocycles. The fourth-order valence-electron chi connectivity index (χ4n) is 2.81. The van der Waals surface area contributed by atoms with Crippen molar-refractivity contribution in [2.75, 3.05) is 0 Å². The van der Waals surface area contributed by atoms with Crippen LogP contribution < -0.4 is 9.81 Å². The third kappa shape index (κ3) is 3.47. The van der Waals surface area contributed by atoms with E-state index in [1.165, 1.54) is 30.3 Å². The van der Waals surface area contributed by atoms with Crippen molar-refractivity contribution in [3.63, 3.8) is 0 Å². The third-order valence-electron chi connectivity index (χ3n) is 4.04. The van der Waals surface area contributed by atoms with Gasteiger partial charge in [-0.2, -0.15) is 8.42 Å². The maximum Gasteiger partial charge on any atom is 0.339 e. The average molecular weight is 378 g/mol. The summed E-state index contributed by atoms with van der Waals surface area (Å²) in [6.07, 6.45) is 0. The van der Waals surface area contributed by atoms with Gasteiger partial charge < -0.3 is 8.60 Å². The molecule has 0 fully saturated rings. The smallest absolute Gasteiger partial charge is 0.339 e. The predicted octanol–water partition coefficient (Wildman–Crippen LogP) is 4.23. The van der Waals surface area contributed by atoms with Crippen molar-refractivity contribution >= 4 is 21.1 Å². The Bertz CT molecular complexity index is 1260. The highest BCUT2D eigenvalue weighted by atomic mass is 32.2. The molecule has 3 aromatic carbocycles. The van der Waals surface area contributed by atoms with Gasteiger partial charge in [-0.05, 0) is 35.4 Å². The molecule has 0 spiro atoms. The van der Waals surface area contributed by atoms with Crippen LogP contribution in [0.15, 0.2) is 99.0 Å². The number of hydrogen-bond donors (Lipinski definition) is 0. The predicted molar refractivity (Wildman–Crippen MR) is 102 cm³/mol. The summed E-state index contributed by atoms with van der Waals surface area (Å²) in [5, 5.41) is 0.685. The first kappa shape index (κ1) is 17.1. The molecule has 0 atom stereocenters. The normalized spacial score (nSPS) is 11.4. The van der Waals surface area contributed by atoms with Crippen molar-refractivity contribution in [3.05, 3.63) is 95.3 Å². The maximum atomic E-state index is 12.4. The van der Waals surface area contributed by atoms with Gasteiger partial charge in [0.1, 0.15) is 16.2 Å². The molecule has 0 amide bonds. The molecule has 27 heavy (non-hydrogen) atoms. The summed E-state index contributed by atoms with van der Waals surface area (Å²) in [5.74, 6) is 0.0692. The van der Waals surface area contributed by atoms with E-state index in [1.54, 1.807) is 24.3 Å². The lowest BCUT2D eigenvalue weighted by atomic mass is 10.0. The molecule has 0 aliphatic carbocycles. The first-order valence-electron chi connectivity index (χ1n) is 8.16. The number of hydrogen-bond acceptors (Lipinski definition) is 5. The van der Waals surface area contributed by atoms with Gasteiger partial charge in [0.15, 0.2) is 0 Å². The molecular weight excluding hydrogens is 364 g/mol. The molecule has 1 heterocycles. The molecule has 1 aromatic heterocycles. The van der Waals surface area contributed by atoms with Crippen molar-refractivity contribution in [2.24, 2.45) is 0 Å². The largest absolute Gasteiger partial charge is 0.423 e. The number of rotatable bonds is 4. The standard InChI is InChI=1S/C21H14O5S/c22-21-14-19(15-7-3-1-4-8-15)18-12-11-16(13-20(18)25-21)26-27(23,24)17-9-5-2-6-10-17/h1-14H. The maximum absolute atomic E-state index is 12.4. The molecule has 134 valence electrons. The fourth-order valence-corrected chi connectivity index (χ4v) is 3.76. The Morgan fingerprint density at radius 2 is 1.44 bits per heavy atom. The van der Waals surface area contributed by atoms with E-state index >= 15 is 0 Å². The third-order valence-corrected chi connectivity index (χ3v) is 5.30. The monoisotopic (exact) mass is 378 g/mol. The van der Waals surface area contributed by atoms with Crippen molar-refractivity contribution < 1.29 is 17.0 Å². The van der Waals surface area contributed by atoms with Crippen LogP contribution in [0.3, 0.4) is 0 Å². The zero-order chi connectivity index (χ0) is 18.9. The zero-order valence-corrected chi connectivity index (χ0v) is 14.8. The van der Waals surface area contributed by atoms with Crippen LogP contribution in [0.2, 0.25) is 0 Å². The van der Waals surface area contributed by atoms with Crippen LogP contribution in [0.1, 0.15) is 0 Å². The van der Waals surface area contributed by atoms with Crippen LogP contribution in [0.25, 0.3) is 22.1 Å². The molecule has 4 aromatic rings. The average Bonchev–Trinajstić information content (AvgIpc) is 2.68. The topological polar surface area (TPSA) is 73.6 Å². The summed E-state index contributed by atoms with van der Waals surface area (Å²) < 4.78 is 35.2. The van der Waals surface area contributed by atoms with E-state index in [9.17, 15) is 13.2 Å². The van der Waals surface area contributed by atoms with Gasteiger partial charge in [-0.1, -0.05) is 48.5 Å². The molecule has 0 unspecified atom stereocenters. The minimum atomic E-state index is -3.97. The highest BCUT2D eigenvalue weighted by Gasteiger charge is 2.17. The van der Waals surface area contributed by atoms with Crippen LogP contribution in [0, 0.1) is 0 Å². The lowest BCUT2D eigenvalue weighted by molar-refractivity contribution is 0.485. The van der Waals surface area contributed by atoms with E-state index in [0.29, 0.717) is 10.9 Å². The van der Waals surface area contributed by atoms with E-state index < -0.39 is 15.7 Å².